The molecule has 0 unspecified atom stereocenters. The molecule has 27 heavy (non-hydrogen) atoms. The van der Waals surface area contributed by atoms with Gasteiger partial charge in [-0.15, -0.1) is 0 Å². The number of carbonyl (C=O) groups excluding carboxylic acids is 1. The summed E-state index contributed by atoms with van der Waals surface area (Å²) in [6, 6.07) is 13.2. The topological polar surface area (TPSA) is 71.3 Å². The maximum absolute atomic E-state index is 13.8. The molecule has 138 valence electrons. The van der Waals surface area contributed by atoms with Crippen LogP contribution in [0.5, 0.6) is 0 Å². The van der Waals surface area contributed by atoms with Gasteiger partial charge in [0.15, 0.2) is 0 Å². The highest BCUT2D eigenvalue weighted by molar-refractivity contribution is 5.89. The molecule has 0 spiro atoms. The minimum absolute atomic E-state index is 0.152. The van der Waals surface area contributed by atoms with E-state index in [9.17, 15) is 9.18 Å². The summed E-state index contributed by atoms with van der Waals surface area (Å²) < 4.78 is 19.2. The van der Waals surface area contributed by atoms with Crippen LogP contribution in [0.2, 0.25) is 0 Å². The van der Waals surface area contributed by atoms with E-state index in [1.165, 1.54) is 12.1 Å². The quantitative estimate of drug-likeness (QED) is 0.738. The molecule has 1 aromatic heterocycles. The van der Waals surface area contributed by atoms with Gasteiger partial charge in [-0.3, -0.25) is 0 Å². The molecular formula is C20H19FN4O2. The normalized spacial score (nSPS) is 16.5. The van der Waals surface area contributed by atoms with Crippen molar-refractivity contribution in [3.63, 3.8) is 0 Å². The van der Waals surface area contributed by atoms with Gasteiger partial charge in [0.2, 0.25) is 11.7 Å². The second-order valence-electron chi connectivity index (χ2n) is 6.59. The highest BCUT2D eigenvalue weighted by Crippen LogP contribution is 2.32. The van der Waals surface area contributed by atoms with E-state index in [1.807, 2.05) is 31.2 Å². The van der Waals surface area contributed by atoms with Gasteiger partial charge in [-0.2, -0.15) is 4.98 Å². The standard InChI is InChI=1S/C20H19FN4O2/c1-13-6-4-7-14(12-13)18-23-19(27-24-18)17-10-5-11-25(17)20(26)22-16-9-3-2-8-15(16)21/h2-4,6-9,12,17H,5,10-11H2,1H3,(H,22,26)/t17-/m0/s1. The van der Waals surface area contributed by atoms with E-state index in [-0.39, 0.29) is 17.8 Å². The second-order valence-corrected chi connectivity index (χ2v) is 6.59. The number of hydrogen-bond donors (Lipinski definition) is 1. The minimum Gasteiger partial charge on any atom is -0.337 e. The lowest BCUT2D eigenvalue weighted by atomic mass is 10.1. The fourth-order valence-corrected chi connectivity index (χ4v) is 3.29. The first-order chi connectivity index (χ1) is 13.1. The van der Waals surface area contributed by atoms with Crippen LogP contribution in [0.4, 0.5) is 14.9 Å². The molecule has 4 rings (SSSR count). The Morgan fingerprint density at radius 1 is 1.26 bits per heavy atom. The number of rotatable bonds is 3. The van der Waals surface area contributed by atoms with Crippen molar-refractivity contribution in [3.8, 4) is 11.4 Å². The van der Waals surface area contributed by atoms with Crippen molar-refractivity contribution in [1.82, 2.24) is 15.0 Å². The van der Waals surface area contributed by atoms with Crippen LogP contribution >= 0.6 is 0 Å². The van der Waals surface area contributed by atoms with Crippen molar-refractivity contribution in [2.75, 3.05) is 11.9 Å². The van der Waals surface area contributed by atoms with Crippen LogP contribution in [0.3, 0.4) is 0 Å². The molecule has 2 heterocycles. The Bertz CT molecular complexity index is 972. The molecule has 1 fully saturated rings. The van der Waals surface area contributed by atoms with Crippen molar-refractivity contribution in [2.24, 2.45) is 0 Å². The molecule has 1 N–H and O–H groups in total. The predicted molar refractivity (Wildman–Crippen MR) is 98.6 cm³/mol. The zero-order valence-corrected chi connectivity index (χ0v) is 14.9. The number of anilines is 1. The van der Waals surface area contributed by atoms with E-state index in [0.717, 1.165) is 24.0 Å². The number of amides is 2. The van der Waals surface area contributed by atoms with Gasteiger partial charge in [0.05, 0.1) is 5.69 Å². The molecule has 1 aliphatic rings. The number of nitrogens with one attached hydrogen (secondary N) is 1. The average Bonchev–Trinajstić information content (AvgIpc) is 3.33. The summed E-state index contributed by atoms with van der Waals surface area (Å²) in [6.45, 7) is 2.54. The van der Waals surface area contributed by atoms with Crippen LogP contribution in [-0.2, 0) is 0 Å². The number of urea groups is 1. The number of para-hydroxylation sites is 1. The van der Waals surface area contributed by atoms with Crippen LogP contribution in [0.15, 0.2) is 53.1 Å². The Balaban J connectivity index is 1.53. The average molecular weight is 366 g/mol. The molecular weight excluding hydrogens is 347 g/mol. The molecule has 2 amide bonds. The molecule has 0 radical (unpaired) electrons. The lowest BCUT2D eigenvalue weighted by molar-refractivity contribution is 0.193. The van der Waals surface area contributed by atoms with Crippen molar-refractivity contribution in [2.45, 2.75) is 25.8 Å². The summed E-state index contributed by atoms with van der Waals surface area (Å²) in [5.74, 6) is 0.420. The Labute approximate surface area is 156 Å². The number of aromatic nitrogens is 2. The number of aryl methyl sites for hydroxylation is 1. The van der Waals surface area contributed by atoms with Crippen LogP contribution < -0.4 is 5.32 Å². The maximum Gasteiger partial charge on any atom is 0.322 e. The Hall–Kier alpha value is -3.22. The lowest BCUT2D eigenvalue weighted by Gasteiger charge is -2.22. The van der Waals surface area contributed by atoms with E-state index in [2.05, 4.69) is 15.5 Å². The minimum atomic E-state index is -0.471. The summed E-state index contributed by atoms with van der Waals surface area (Å²) >= 11 is 0. The van der Waals surface area contributed by atoms with Crippen LogP contribution in [0.1, 0.15) is 30.3 Å². The van der Waals surface area contributed by atoms with E-state index in [0.29, 0.717) is 18.3 Å². The van der Waals surface area contributed by atoms with Gasteiger partial charge in [-0.25, -0.2) is 9.18 Å². The van der Waals surface area contributed by atoms with Crippen LogP contribution in [-0.4, -0.2) is 27.6 Å². The largest absolute Gasteiger partial charge is 0.337 e. The third-order valence-corrected chi connectivity index (χ3v) is 4.63. The zero-order valence-electron chi connectivity index (χ0n) is 14.9. The van der Waals surface area contributed by atoms with Gasteiger partial charge in [-0.1, -0.05) is 41.1 Å². The number of nitrogens with zero attached hydrogens (tertiary/aromatic N) is 3. The monoisotopic (exact) mass is 366 g/mol. The molecule has 0 aliphatic carbocycles. The van der Waals surface area contributed by atoms with Crippen LogP contribution in [0, 0.1) is 12.7 Å². The molecule has 2 aromatic carbocycles. The van der Waals surface area contributed by atoms with Crippen molar-refractivity contribution in [3.05, 3.63) is 65.8 Å². The first kappa shape index (κ1) is 17.2. The second kappa shape index (κ2) is 7.19. The van der Waals surface area contributed by atoms with Crippen molar-refractivity contribution < 1.29 is 13.7 Å². The Kier molecular flexibility index (Phi) is 4.58. The van der Waals surface area contributed by atoms with E-state index >= 15 is 0 Å². The molecule has 1 saturated heterocycles. The van der Waals surface area contributed by atoms with Gasteiger partial charge < -0.3 is 14.7 Å². The molecule has 7 heteroatoms. The van der Waals surface area contributed by atoms with Gasteiger partial charge in [0.1, 0.15) is 11.9 Å². The highest BCUT2D eigenvalue weighted by atomic mass is 19.1. The molecule has 0 saturated carbocycles. The maximum atomic E-state index is 13.8. The molecule has 1 aliphatic heterocycles. The first-order valence-corrected chi connectivity index (χ1v) is 8.84. The van der Waals surface area contributed by atoms with Crippen LogP contribution in [0.25, 0.3) is 11.4 Å². The fourth-order valence-electron chi connectivity index (χ4n) is 3.29. The fraction of sp³-hybridized carbons (Fsp3) is 0.250. The van der Waals surface area contributed by atoms with Gasteiger partial charge in [0, 0.05) is 12.1 Å². The smallest absolute Gasteiger partial charge is 0.322 e. The van der Waals surface area contributed by atoms with Crippen molar-refractivity contribution in [1.29, 1.82) is 0 Å². The number of hydrogen-bond acceptors (Lipinski definition) is 4. The SMILES string of the molecule is Cc1cccc(-c2noc([C@@H]3CCCN3C(=O)Nc3ccccc3F)n2)c1. The lowest BCUT2D eigenvalue weighted by Crippen LogP contribution is -2.34. The number of benzene rings is 2. The molecule has 3 aromatic rings. The molecule has 0 bridgehead atoms. The van der Waals surface area contributed by atoms with E-state index < -0.39 is 5.82 Å². The van der Waals surface area contributed by atoms with Gasteiger partial charge in [-0.05, 0) is 38.0 Å². The molecule has 1 atom stereocenters. The summed E-state index contributed by atoms with van der Waals surface area (Å²) in [7, 11) is 0. The van der Waals surface area contributed by atoms with Gasteiger partial charge in [0.25, 0.3) is 0 Å². The van der Waals surface area contributed by atoms with Crippen molar-refractivity contribution >= 4 is 11.7 Å². The number of carbonyl (C=O) groups is 1. The van der Waals surface area contributed by atoms with E-state index in [4.69, 9.17) is 4.52 Å². The Morgan fingerprint density at radius 2 is 2.11 bits per heavy atom. The number of likely N-dealkylation sites (tertiary alicyclic amines) is 1. The highest BCUT2D eigenvalue weighted by Gasteiger charge is 2.34. The Morgan fingerprint density at radius 3 is 2.93 bits per heavy atom. The van der Waals surface area contributed by atoms with Gasteiger partial charge >= 0.3 is 6.03 Å². The predicted octanol–water partition coefficient (Wildman–Crippen LogP) is 4.55. The first-order valence-electron chi connectivity index (χ1n) is 8.84. The summed E-state index contributed by atoms with van der Waals surface area (Å²) in [5.41, 5.74) is 2.12. The summed E-state index contributed by atoms with van der Waals surface area (Å²) in [6.07, 6.45) is 1.54. The summed E-state index contributed by atoms with van der Waals surface area (Å²) in [5, 5.41) is 6.68. The molecule has 6 nitrogen and oxygen atoms in total. The third kappa shape index (κ3) is 3.53. The third-order valence-electron chi connectivity index (χ3n) is 4.63. The zero-order chi connectivity index (χ0) is 18.8. The number of halogens is 1. The van der Waals surface area contributed by atoms with E-state index in [1.54, 1.807) is 17.0 Å². The summed E-state index contributed by atoms with van der Waals surface area (Å²) in [4.78, 5) is 18.7.